The molecule has 116 valence electrons. The van der Waals surface area contributed by atoms with Gasteiger partial charge < -0.3 is 9.84 Å². The van der Waals surface area contributed by atoms with Crippen molar-refractivity contribution < 1.29 is 27.9 Å². The van der Waals surface area contributed by atoms with E-state index in [9.17, 15) is 18.0 Å². The first kappa shape index (κ1) is 16.9. The summed E-state index contributed by atoms with van der Waals surface area (Å²) in [5.41, 5.74) is 0.229. The van der Waals surface area contributed by atoms with Gasteiger partial charge in [0.05, 0.1) is 6.10 Å². The van der Waals surface area contributed by atoms with Gasteiger partial charge >= 0.3 is 22.3 Å². The lowest BCUT2D eigenvalue weighted by Gasteiger charge is -2.16. The van der Waals surface area contributed by atoms with Crippen LogP contribution in [0.15, 0.2) is 30.3 Å². The molecular formula is C12H16N2O6S. The Morgan fingerprint density at radius 2 is 1.76 bits per heavy atom. The van der Waals surface area contributed by atoms with Crippen LogP contribution in [0.1, 0.15) is 25.5 Å². The van der Waals surface area contributed by atoms with Gasteiger partial charge in [0, 0.05) is 0 Å². The predicted octanol–water partition coefficient (Wildman–Crippen LogP) is 0.781. The minimum Gasteiger partial charge on any atom is -0.480 e. The van der Waals surface area contributed by atoms with Crippen LogP contribution in [0.4, 0.5) is 4.79 Å². The van der Waals surface area contributed by atoms with Gasteiger partial charge in [0.1, 0.15) is 6.04 Å². The molecule has 0 aromatic heterocycles. The van der Waals surface area contributed by atoms with E-state index in [1.54, 1.807) is 36.8 Å². The number of hydrogen-bond acceptors (Lipinski definition) is 5. The lowest BCUT2D eigenvalue weighted by atomic mass is 10.1. The molecule has 0 saturated heterocycles. The number of carbonyl (C=O) groups is 2. The summed E-state index contributed by atoms with van der Waals surface area (Å²) in [5, 5.41) is 9.10. The number of amides is 1. The molecule has 0 aliphatic heterocycles. The fourth-order valence-electron chi connectivity index (χ4n) is 1.44. The van der Waals surface area contributed by atoms with Gasteiger partial charge in [-0.15, -0.1) is 0 Å². The van der Waals surface area contributed by atoms with Crippen molar-refractivity contribution >= 4 is 22.3 Å². The van der Waals surface area contributed by atoms with Gasteiger partial charge in [-0.1, -0.05) is 30.3 Å². The topological polar surface area (TPSA) is 122 Å². The van der Waals surface area contributed by atoms with E-state index in [0.29, 0.717) is 0 Å². The Labute approximate surface area is 122 Å². The smallest absolute Gasteiger partial charge is 0.422 e. The Bertz CT molecular complexity index is 599. The Hall–Kier alpha value is -2.13. The summed E-state index contributed by atoms with van der Waals surface area (Å²) < 4.78 is 31.5. The van der Waals surface area contributed by atoms with Crippen molar-refractivity contribution in [1.82, 2.24) is 9.44 Å². The molecule has 3 N–H and O–H groups in total. The van der Waals surface area contributed by atoms with E-state index in [-0.39, 0.29) is 5.56 Å². The first-order valence-corrected chi connectivity index (χ1v) is 7.48. The van der Waals surface area contributed by atoms with Crippen molar-refractivity contribution in [3.05, 3.63) is 35.9 Å². The number of hydrogen-bond donors (Lipinski definition) is 3. The summed E-state index contributed by atoms with van der Waals surface area (Å²) in [6.45, 7) is 3.09. The van der Waals surface area contributed by atoms with E-state index in [0.717, 1.165) is 0 Å². The van der Waals surface area contributed by atoms with Crippen LogP contribution in [0.25, 0.3) is 0 Å². The third-order valence-corrected chi connectivity index (χ3v) is 3.19. The van der Waals surface area contributed by atoms with Crippen molar-refractivity contribution in [3.63, 3.8) is 0 Å². The molecule has 1 amide bonds. The highest BCUT2D eigenvalue weighted by Crippen LogP contribution is 2.13. The molecule has 0 heterocycles. The zero-order valence-corrected chi connectivity index (χ0v) is 12.3. The first-order valence-electron chi connectivity index (χ1n) is 5.99. The molecule has 9 heteroatoms. The van der Waals surface area contributed by atoms with E-state index < -0.39 is 34.4 Å². The highest BCUT2D eigenvalue weighted by atomic mass is 32.2. The minimum atomic E-state index is -4.37. The van der Waals surface area contributed by atoms with Crippen LogP contribution in [0.2, 0.25) is 0 Å². The Morgan fingerprint density at radius 1 is 1.19 bits per heavy atom. The van der Waals surface area contributed by atoms with E-state index in [1.165, 1.54) is 12.1 Å². The fourth-order valence-corrected chi connectivity index (χ4v) is 2.31. The van der Waals surface area contributed by atoms with Crippen LogP contribution in [0.3, 0.4) is 0 Å². The molecule has 8 nitrogen and oxygen atoms in total. The van der Waals surface area contributed by atoms with Crippen LogP contribution in [-0.4, -0.2) is 31.7 Å². The number of ether oxygens (including phenoxy) is 1. The second-order valence-electron chi connectivity index (χ2n) is 4.36. The third kappa shape index (κ3) is 5.79. The van der Waals surface area contributed by atoms with E-state index in [1.807, 2.05) is 4.72 Å². The van der Waals surface area contributed by atoms with Crippen molar-refractivity contribution in [1.29, 1.82) is 0 Å². The Kier molecular flexibility index (Phi) is 5.68. The van der Waals surface area contributed by atoms with Crippen molar-refractivity contribution in [2.24, 2.45) is 0 Å². The van der Waals surface area contributed by atoms with Gasteiger partial charge in [-0.2, -0.15) is 13.1 Å². The molecule has 0 bridgehead atoms. The quantitative estimate of drug-likeness (QED) is 0.713. The monoisotopic (exact) mass is 316 g/mol. The van der Waals surface area contributed by atoms with Gasteiger partial charge in [0.25, 0.3) is 0 Å². The number of benzene rings is 1. The number of nitrogens with one attached hydrogen (secondary N) is 2. The van der Waals surface area contributed by atoms with Crippen LogP contribution in [0, 0.1) is 0 Å². The van der Waals surface area contributed by atoms with Crippen LogP contribution in [-0.2, 0) is 19.7 Å². The number of rotatable bonds is 6. The van der Waals surface area contributed by atoms with E-state index >= 15 is 0 Å². The third-order valence-electron chi connectivity index (χ3n) is 2.21. The maximum atomic E-state index is 11.7. The largest absolute Gasteiger partial charge is 0.480 e. The molecule has 0 saturated carbocycles. The molecule has 1 aromatic carbocycles. The van der Waals surface area contributed by atoms with Crippen LogP contribution >= 0.6 is 0 Å². The average molecular weight is 316 g/mol. The van der Waals surface area contributed by atoms with E-state index in [4.69, 9.17) is 5.11 Å². The maximum absolute atomic E-state index is 11.7. The summed E-state index contributed by atoms with van der Waals surface area (Å²) >= 11 is 0. The van der Waals surface area contributed by atoms with E-state index in [2.05, 4.69) is 4.74 Å². The molecule has 1 atom stereocenters. The van der Waals surface area contributed by atoms with Crippen LogP contribution < -0.4 is 9.44 Å². The van der Waals surface area contributed by atoms with Crippen molar-refractivity contribution in [2.45, 2.75) is 26.0 Å². The normalized spacial score (nSPS) is 12.7. The minimum absolute atomic E-state index is 0.229. The second kappa shape index (κ2) is 7.04. The highest BCUT2D eigenvalue weighted by molar-refractivity contribution is 7.88. The van der Waals surface area contributed by atoms with Gasteiger partial charge in [-0.25, -0.2) is 9.52 Å². The number of carbonyl (C=O) groups excluding carboxylic acids is 1. The summed E-state index contributed by atoms with van der Waals surface area (Å²) in [6, 6.07) is 6.19. The highest BCUT2D eigenvalue weighted by Gasteiger charge is 2.27. The van der Waals surface area contributed by atoms with Crippen molar-refractivity contribution in [3.8, 4) is 0 Å². The molecular weight excluding hydrogens is 300 g/mol. The average Bonchev–Trinajstić information content (AvgIpc) is 2.35. The summed E-state index contributed by atoms with van der Waals surface area (Å²) in [5.74, 6) is -1.40. The predicted molar refractivity (Wildman–Crippen MR) is 73.6 cm³/mol. The molecule has 0 unspecified atom stereocenters. The summed E-state index contributed by atoms with van der Waals surface area (Å²) in [7, 11) is -4.37. The van der Waals surface area contributed by atoms with Crippen molar-refractivity contribution in [2.75, 3.05) is 0 Å². The number of aliphatic carboxylic acids is 1. The summed E-state index contributed by atoms with van der Waals surface area (Å²) in [6.07, 6.45) is -1.70. The van der Waals surface area contributed by atoms with Gasteiger partial charge in [0.15, 0.2) is 0 Å². The number of carboxylic acids is 1. The lowest BCUT2D eigenvalue weighted by Crippen LogP contribution is -2.44. The zero-order chi connectivity index (χ0) is 16.0. The zero-order valence-electron chi connectivity index (χ0n) is 11.4. The SMILES string of the molecule is CC(C)OC(=O)NS(=O)(=O)N[C@@H](C(=O)O)c1ccccc1. The molecule has 21 heavy (non-hydrogen) atoms. The van der Waals surface area contributed by atoms with Gasteiger partial charge in [0.2, 0.25) is 0 Å². The van der Waals surface area contributed by atoms with Crippen LogP contribution in [0.5, 0.6) is 0 Å². The maximum Gasteiger partial charge on any atom is 0.422 e. The molecule has 0 aliphatic rings. The first-order chi connectivity index (χ1) is 9.71. The number of carboxylic acid groups (broad SMARTS) is 1. The molecule has 0 radical (unpaired) electrons. The standard InChI is InChI=1S/C12H16N2O6S/c1-8(2)20-12(17)14-21(18,19)13-10(11(15)16)9-6-4-3-5-7-9/h3-8,10,13H,1-2H3,(H,14,17)(H,15,16)/t10-/m1/s1. The fraction of sp³-hybridized carbons (Fsp3) is 0.333. The Balaban J connectivity index is 2.84. The molecule has 1 rings (SSSR count). The molecule has 0 fully saturated rings. The summed E-state index contributed by atoms with van der Waals surface area (Å²) in [4.78, 5) is 22.4. The Morgan fingerprint density at radius 3 is 2.24 bits per heavy atom. The lowest BCUT2D eigenvalue weighted by molar-refractivity contribution is -0.139. The molecule has 1 aromatic rings. The van der Waals surface area contributed by atoms with Gasteiger partial charge in [-0.3, -0.25) is 4.79 Å². The second-order valence-corrected chi connectivity index (χ2v) is 5.81. The molecule has 0 spiro atoms. The van der Waals surface area contributed by atoms with Gasteiger partial charge in [-0.05, 0) is 19.4 Å². The molecule has 0 aliphatic carbocycles.